The van der Waals surface area contributed by atoms with Crippen molar-refractivity contribution in [1.82, 2.24) is 20.2 Å². The number of benzene rings is 2. The Hall–Kier alpha value is -3.13. The molecule has 2 aromatic carbocycles. The molecule has 4 rings (SSSR count). The third kappa shape index (κ3) is 7.63. The van der Waals surface area contributed by atoms with E-state index in [1.54, 1.807) is 41.2 Å². The molecule has 0 aliphatic heterocycles. The lowest BCUT2D eigenvalue weighted by Crippen LogP contribution is -2.34. The highest BCUT2D eigenvalue weighted by molar-refractivity contribution is 7.18. The molecule has 0 spiro atoms. The summed E-state index contributed by atoms with van der Waals surface area (Å²) in [5, 5.41) is 5.05. The third-order valence-electron chi connectivity index (χ3n) is 5.97. The number of amides is 2. The van der Waals surface area contributed by atoms with Gasteiger partial charge in [-0.1, -0.05) is 40.9 Å². The van der Waals surface area contributed by atoms with Crippen LogP contribution in [0.15, 0.2) is 36.4 Å². The Bertz CT molecular complexity index is 1640. The fourth-order valence-electron chi connectivity index (χ4n) is 3.95. The lowest BCUT2D eigenvalue weighted by molar-refractivity contribution is -0.123. The number of alkyl halides is 5. The van der Waals surface area contributed by atoms with Crippen molar-refractivity contribution in [3.63, 3.8) is 0 Å². The summed E-state index contributed by atoms with van der Waals surface area (Å²) in [6.07, 6.45) is -7.50. The second kappa shape index (κ2) is 13.0. The number of nitrogens with one attached hydrogen (secondary N) is 2. The quantitative estimate of drug-likeness (QED) is 0.177. The zero-order valence-corrected chi connectivity index (χ0v) is 24.5. The van der Waals surface area contributed by atoms with Crippen molar-refractivity contribution >= 4 is 69.0 Å². The second-order valence-electron chi connectivity index (χ2n) is 8.89. The molecule has 2 heterocycles. The van der Waals surface area contributed by atoms with Crippen LogP contribution in [0, 0.1) is 0 Å². The minimum Gasteiger partial charge on any atom is -0.487 e. The van der Waals surface area contributed by atoms with E-state index < -0.39 is 37.2 Å². The van der Waals surface area contributed by atoms with E-state index in [2.05, 4.69) is 10.3 Å². The van der Waals surface area contributed by atoms with E-state index in [9.17, 15) is 31.5 Å². The molecule has 7 nitrogen and oxygen atoms in total. The Labute approximate surface area is 254 Å². The van der Waals surface area contributed by atoms with Crippen LogP contribution in [0.25, 0.3) is 11.0 Å². The summed E-state index contributed by atoms with van der Waals surface area (Å²) in [5.74, 6) is -1.46. The van der Waals surface area contributed by atoms with Crippen LogP contribution in [0.1, 0.15) is 37.0 Å². The van der Waals surface area contributed by atoms with E-state index in [1.807, 2.05) is 0 Å². The Kier molecular flexibility index (Phi) is 9.86. The Morgan fingerprint density at radius 3 is 2.45 bits per heavy atom. The van der Waals surface area contributed by atoms with Crippen molar-refractivity contribution in [2.75, 3.05) is 13.2 Å². The number of aromatic nitrogens is 2. The molecule has 0 saturated carbocycles. The summed E-state index contributed by atoms with van der Waals surface area (Å²) in [7, 11) is 1.61. The number of fused-ring (bicyclic) bond motifs is 1. The van der Waals surface area contributed by atoms with E-state index in [1.165, 1.54) is 6.07 Å². The van der Waals surface area contributed by atoms with Gasteiger partial charge in [0.05, 0.1) is 30.8 Å². The topological polar surface area (TPSA) is 85.2 Å². The molecule has 2 amide bonds. The molecule has 0 unspecified atom stereocenters. The highest BCUT2D eigenvalue weighted by Gasteiger charge is 2.29. The van der Waals surface area contributed by atoms with Gasteiger partial charge in [-0.3, -0.25) is 9.59 Å². The maximum Gasteiger partial charge on any atom is 0.405 e. The fourth-order valence-corrected chi connectivity index (χ4v) is 5.48. The molecular weight excluding hydrogens is 650 g/mol. The molecular formula is C26H20Cl3F5N4O3S. The number of rotatable bonds is 10. The molecule has 0 bridgehead atoms. The number of thiophene rings is 1. The Balaban J connectivity index is 1.63. The number of nitrogens with zero attached hydrogens (tertiary/aromatic N) is 2. The number of aryl methyl sites for hydroxylation is 1. The van der Waals surface area contributed by atoms with Gasteiger partial charge in [-0.25, -0.2) is 13.8 Å². The molecule has 2 N–H and O–H groups in total. The lowest BCUT2D eigenvalue weighted by atomic mass is 10.1. The Morgan fingerprint density at radius 1 is 1.07 bits per heavy atom. The van der Waals surface area contributed by atoms with Gasteiger partial charge in [0.25, 0.3) is 18.2 Å². The zero-order valence-electron chi connectivity index (χ0n) is 21.4. The van der Waals surface area contributed by atoms with Crippen molar-refractivity contribution in [3.05, 3.63) is 78.2 Å². The highest BCUT2D eigenvalue weighted by atomic mass is 35.5. The third-order valence-corrected chi connectivity index (χ3v) is 8.03. The predicted octanol–water partition coefficient (Wildman–Crippen LogP) is 7.05. The molecule has 0 atom stereocenters. The van der Waals surface area contributed by atoms with E-state index in [0.29, 0.717) is 36.7 Å². The number of imidazole rings is 1. The normalized spacial score (nSPS) is 11.8. The molecule has 0 aliphatic carbocycles. The van der Waals surface area contributed by atoms with Crippen LogP contribution >= 0.6 is 46.1 Å². The smallest absolute Gasteiger partial charge is 0.405 e. The van der Waals surface area contributed by atoms with Crippen molar-refractivity contribution in [1.29, 1.82) is 0 Å². The van der Waals surface area contributed by atoms with Crippen molar-refractivity contribution in [3.8, 4) is 5.75 Å². The molecule has 2 aromatic heterocycles. The van der Waals surface area contributed by atoms with Gasteiger partial charge in [0.15, 0.2) is 0 Å². The van der Waals surface area contributed by atoms with E-state index >= 15 is 0 Å². The van der Waals surface area contributed by atoms with Gasteiger partial charge >= 0.3 is 6.18 Å². The van der Waals surface area contributed by atoms with Gasteiger partial charge in [0.1, 0.15) is 24.7 Å². The highest BCUT2D eigenvalue weighted by Crippen LogP contribution is 2.33. The first-order valence-electron chi connectivity index (χ1n) is 12.0. The Morgan fingerprint density at radius 2 is 1.81 bits per heavy atom. The summed E-state index contributed by atoms with van der Waals surface area (Å²) in [4.78, 5) is 29.9. The van der Waals surface area contributed by atoms with Gasteiger partial charge in [-0.2, -0.15) is 13.2 Å². The van der Waals surface area contributed by atoms with Crippen LogP contribution in [0.3, 0.4) is 0 Å². The van der Waals surface area contributed by atoms with Crippen LogP contribution in [-0.2, 0) is 20.0 Å². The molecule has 0 radical (unpaired) electrons. The number of carbonyl (C=O) groups excluding carboxylic acids is 2. The van der Waals surface area contributed by atoms with Crippen molar-refractivity contribution in [2.24, 2.45) is 7.05 Å². The molecule has 0 aliphatic rings. The van der Waals surface area contributed by atoms with Crippen LogP contribution in [0.2, 0.25) is 14.4 Å². The van der Waals surface area contributed by atoms with Gasteiger partial charge in [-0.15, -0.1) is 11.3 Å². The lowest BCUT2D eigenvalue weighted by Gasteiger charge is -2.13. The molecule has 224 valence electrons. The average Bonchev–Trinajstić information content (AvgIpc) is 3.49. The monoisotopic (exact) mass is 668 g/mol. The van der Waals surface area contributed by atoms with Crippen LogP contribution in [-0.4, -0.2) is 47.1 Å². The predicted molar refractivity (Wildman–Crippen MR) is 150 cm³/mol. The SMILES string of the molecule is Cn1c(Cc2c(Cl)ccc(CNC(=O)c3ccc(Cl)s3)c2Cl)nc2cc(C(=O)NCC(F)(F)F)c(OCC(F)F)cc21. The average molecular weight is 670 g/mol. The van der Waals surface area contributed by atoms with Gasteiger partial charge in [-0.05, 0) is 35.4 Å². The number of hydrogen-bond donors (Lipinski definition) is 2. The number of halogens is 8. The van der Waals surface area contributed by atoms with Crippen molar-refractivity contribution in [2.45, 2.75) is 25.6 Å². The minimum atomic E-state index is -4.69. The number of ether oxygens (including phenoxy) is 1. The molecule has 16 heteroatoms. The maximum absolute atomic E-state index is 12.8. The second-order valence-corrected chi connectivity index (χ2v) is 11.4. The molecule has 4 aromatic rings. The van der Waals surface area contributed by atoms with Gasteiger partial charge < -0.3 is 19.9 Å². The summed E-state index contributed by atoms with van der Waals surface area (Å²) in [6.45, 7) is -2.62. The zero-order chi connectivity index (χ0) is 30.8. The molecule has 0 fully saturated rings. The summed E-state index contributed by atoms with van der Waals surface area (Å²) >= 11 is 20.1. The maximum atomic E-state index is 12.8. The van der Waals surface area contributed by atoms with E-state index in [4.69, 9.17) is 39.5 Å². The van der Waals surface area contributed by atoms with E-state index in [0.717, 1.165) is 17.4 Å². The van der Waals surface area contributed by atoms with Gasteiger partial charge in [0, 0.05) is 31.1 Å². The fraction of sp³-hybridized carbons (Fsp3) is 0.269. The van der Waals surface area contributed by atoms with Crippen LogP contribution in [0.4, 0.5) is 22.0 Å². The van der Waals surface area contributed by atoms with E-state index in [-0.39, 0.29) is 35.2 Å². The summed E-state index contributed by atoms with van der Waals surface area (Å²) < 4.78 is 70.8. The molecule has 0 saturated heterocycles. The minimum absolute atomic E-state index is 0.0774. The molecule has 42 heavy (non-hydrogen) atoms. The number of carbonyl (C=O) groups is 2. The standard InChI is InChI=1S/C26H20Cl3F5N4O3S/c1-38-17-8-18(41-10-21(30)31)14(24(39)36-11-26(32,33)34)6-16(17)37-22(38)7-13-15(27)3-2-12(23(13)29)9-35-25(40)19-4-5-20(28)42-19/h2-6,8,21H,7,9-11H2,1H3,(H,35,40)(H,36,39). The van der Waals surface area contributed by atoms with Crippen LogP contribution in [0.5, 0.6) is 5.75 Å². The largest absolute Gasteiger partial charge is 0.487 e. The van der Waals surface area contributed by atoms with Gasteiger partial charge in [0.2, 0.25) is 0 Å². The first-order chi connectivity index (χ1) is 19.7. The summed E-state index contributed by atoms with van der Waals surface area (Å²) in [6, 6.07) is 8.88. The first-order valence-corrected chi connectivity index (χ1v) is 13.9. The van der Waals surface area contributed by atoms with Crippen molar-refractivity contribution < 1.29 is 36.3 Å². The van der Waals surface area contributed by atoms with Crippen LogP contribution < -0.4 is 15.4 Å². The number of hydrogen-bond acceptors (Lipinski definition) is 5. The first kappa shape index (κ1) is 31.8. The summed E-state index contributed by atoms with van der Waals surface area (Å²) in [5.41, 5.74) is 1.20.